The molecule has 24 heavy (non-hydrogen) atoms. The van der Waals surface area contributed by atoms with E-state index in [0.29, 0.717) is 22.1 Å². The fraction of sp³-hybridized carbons (Fsp3) is 0.118. The number of fused-ring (bicyclic) bond motifs is 1. The maximum Gasteiger partial charge on any atom is 0.257 e. The van der Waals surface area contributed by atoms with Crippen LogP contribution in [0.1, 0.15) is 17.3 Å². The number of benzene rings is 2. The van der Waals surface area contributed by atoms with Crippen molar-refractivity contribution < 1.29 is 14.0 Å². The Morgan fingerprint density at radius 2 is 1.88 bits per heavy atom. The summed E-state index contributed by atoms with van der Waals surface area (Å²) in [6.45, 7) is 1.77. The summed E-state index contributed by atoms with van der Waals surface area (Å²) in [5.74, 6) is -0.693. The van der Waals surface area contributed by atoms with Crippen LogP contribution in [0.4, 0.5) is 5.69 Å². The first-order valence-corrected chi connectivity index (χ1v) is 8.14. The second kappa shape index (κ2) is 6.76. The Hall–Kier alpha value is -2.80. The van der Waals surface area contributed by atoms with E-state index in [9.17, 15) is 9.59 Å². The molecule has 0 bridgehead atoms. The number of primary amides is 1. The largest absolute Gasteiger partial charge is 0.431 e. The lowest BCUT2D eigenvalue weighted by Gasteiger charge is -2.10. The van der Waals surface area contributed by atoms with Gasteiger partial charge in [-0.15, -0.1) is 0 Å². The van der Waals surface area contributed by atoms with Gasteiger partial charge in [0.25, 0.3) is 5.22 Å². The fourth-order valence-corrected chi connectivity index (χ4v) is 2.83. The van der Waals surface area contributed by atoms with E-state index >= 15 is 0 Å². The molecular formula is C17H15N3O3S. The summed E-state index contributed by atoms with van der Waals surface area (Å²) in [5, 5.41) is 2.83. The Balaban J connectivity index is 1.64. The van der Waals surface area contributed by atoms with E-state index in [2.05, 4.69) is 10.3 Å². The number of rotatable bonds is 5. The second-order valence-electron chi connectivity index (χ2n) is 5.14. The second-order valence-corrected chi connectivity index (χ2v) is 6.43. The maximum atomic E-state index is 12.3. The molecule has 0 spiro atoms. The molecule has 3 aromatic rings. The molecule has 0 radical (unpaired) electrons. The van der Waals surface area contributed by atoms with Crippen LogP contribution in [0.3, 0.4) is 0 Å². The first-order valence-electron chi connectivity index (χ1n) is 7.26. The summed E-state index contributed by atoms with van der Waals surface area (Å²) in [6.07, 6.45) is 0. The number of oxazole rings is 1. The summed E-state index contributed by atoms with van der Waals surface area (Å²) in [5.41, 5.74) is 7.62. The molecule has 0 saturated carbocycles. The molecule has 0 fully saturated rings. The quantitative estimate of drug-likeness (QED) is 0.695. The Kier molecular flexibility index (Phi) is 4.52. The van der Waals surface area contributed by atoms with Gasteiger partial charge < -0.3 is 15.5 Å². The first-order chi connectivity index (χ1) is 11.5. The molecule has 0 aliphatic rings. The molecule has 122 valence electrons. The van der Waals surface area contributed by atoms with E-state index in [0.717, 1.165) is 5.52 Å². The molecule has 1 aromatic heterocycles. The molecule has 2 amide bonds. The minimum Gasteiger partial charge on any atom is -0.431 e. The predicted molar refractivity (Wildman–Crippen MR) is 92.9 cm³/mol. The van der Waals surface area contributed by atoms with Crippen LogP contribution in [-0.4, -0.2) is 22.0 Å². The van der Waals surface area contributed by atoms with Crippen molar-refractivity contribution in [2.75, 3.05) is 5.32 Å². The van der Waals surface area contributed by atoms with E-state index in [1.54, 1.807) is 31.2 Å². The molecule has 6 nitrogen and oxygen atoms in total. The summed E-state index contributed by atoms with van der Waals surface area (Å²) in [4.78, 5) is 27.6. The molecule has 1 heterocycles. The highest BCUT2D eigenvalue weighted by molar-refractivity contribution is 8.00. The van der Waals surface area contributed by atoms with Gasteiger partial charge in [-0.25, -0.2) is 4.98 Å². The highest BCUT2D eigenvalue weighted by Crippen LogP contribution is 2.27. The summed E-state index contributed by atoms with van der Waals surface area (Å²) >= 11 is 1.24. The van der Waals surface area contributed by atoms with Crippen LogP contribution in [0.15, 0.2) is 58.2 Å². The van der Waals surface area contributed by atoms with Crippen molar-refractivity contribution in [1.29, 1.82) is 0 Å². The highest BCUT2D eigenvalue weighted by atomic mass is 32.2. The third-order valence-corrected chi connectivity index (χ3v) is 4.30. The van der Waals surface area contributed by atoms with Crippen LogP contribution in [-0.2, 0) is 4.79 Å². The predicted octanol–water partition coefficient (Wildman–Crippen LogP) is 3.05. The minimum absolute atomic E-state index is 0.186. The van der Waals surface area contributed by atoms with Crippen molar-refractivity contribution in [2.45, 2.75) is 17.4 Å². The van der Waals surface area contributed by atoms with Gasteiger partial charge in [-0.05, 0) is 43.3 Å². The Labute approximate surface area is 142 Å². The number of nitrogens with two attached hydrogens (primary N) is 1. The van der Waals surface area contributed by atoms with E-state index in [1.807, 2.05) is 24.3 Å². The van der Waals surface area contributed by atoms with E-state index in [1.165, 1.54) is 11.8 Å². The van der Waals surface area contributed by atoms with Crippen LogP contribution < -0.4 is 11.1 Å². The SMILES string of the molecule is CC(Sc1nc2ccccc2o1)C(=O)Nc1ccc(C(N)=O)cc1. The number of carbonyl (C=O) groups excluding carboxylic acids is 2. The standard InChI is InChI=1S/C17H15N3O3S/c1-10(24-17-20-13-4-2-3-5-14(13)23-17)16(22)19-12-8-6-11(7-9-12)15(18)21/h2-10H,1H3,(H2,18,21)(H,19,22). The van der Waals surface area contributed by atoms with E-state index in [4.69, 9.17) is 10.2 Å². The van der Waals surface area contributed by atoms with E-state index in [-0.39, 0.29) is 5.91 Å². The molecule has 2 aromatic carbocycles. The molecule has 7 heteroatoms. The molecule has 0 saturated heterocycles. The lowest BCUT2D eigenvalue weighted by molar-refractivity contribution is -0.115. The Bertz CT molecular complexity index is 856. The molecule has 1 atom stereocenters. The van der Waals surface area contributed by atoms with Crippen molar-refractivity contribution in [3.05, 3.63) is 54.1 Å². The molecule has 0 aliphatic carbocycles. The van der Waals surface area contributed by atoms with Gasteiger partial charge in [-0.3, -0.25) is 9.59 Å². The third-order valence-electron chi connectivity index (χ3n) is 3.36. The summed E-state index contributed by atoms with van der Waals surface area (Å²) in [6, 6.07) is 13.8. The number of nitrogens with zero attached hydrogens (tertiary/aromatic N) is 1. The topological polar surface area (TPSA) is 98.2 Å². The van der Waals surface area contributed by atoms with Gasteiger partial charge in [0.2, 0.25) is 11.8 Å². The number of carbonyl (C=O) groups is 2. The van der Waals surface area contributed by atoms with Crippen molar-refractivity contribution in [1.82, 2.24) is 4.98 Å². The number of amides is 2. The normalized spacial score (nSPS) is 12.0. The number of thioether (sulfide) groups is 1. The van der Waals surface area contributed by atoms with Gasteiger partial charge in [-0.1, -0.05) is 23.9 Å². The first kappa shape index (κ1) is 16.1. The van der Waals surface area contributed by atoms with Crippen LogP contribution >= 0.6 is 11.8 Å². The van der Waals surface area contributed by atoms with Crippen LogP contribution in [0.2, 0.25) is 0 Å². The van der Waals surface area contributed by atoms with Crippen molar-refractivity contribution in [3.63, 3.8) is 0 Å². The molecule has 1 unspecified atom stereocenters. The van der Waals surface area contributed by atoms with Gasteiger partial charge in [0.15, 0.2) is 5.58 Å². The lowest BCUT2D eigenvalue weighted by Crippen LogP contribution is -2.22. The van der Waals surface area contributed by atoms with Gasteiger partial charge in [0.1, 0.15) is 5.52 Å². The summed E-state index contributed by atoms with van der Waals surface area (Å²) < 4.78 is 5.60. The molecule has 0 aliphatic heterocycles. The zero-order valence-electron chi connectivity index (χ0n) is 12.9. The van der Waals surface area contributed by atoms with Gasteiger partial charge in [-0.2, -0.15) is 0 Å². The Morgan fingerprint density at radius 3 is 2.54 bits per heavy atom. The van der Waals surface area contributed by atoms with Crippen molar-refractivity contribution >= 4 is 40.4 Å². The maximum absolute atomic E-state index is 12.3. The molecular weight excluding hydrogens is 326 g/mol. The van der Waals surface area contributed by atoms with Crippen LogP contribution in [0.25, 0.3) is 11.1 Å². The fourth-order valence-electron chi connectivity index (χ4n) is 2.07. The Morgan fingerprint density at radius 1 is 1.17 bits per heavy atom. The highest BCUT2D eigenvalue weighted by Gasteiger charge is 2.18. The molecule has 3 N–H and O–H groups in total. The van der Waals surface area contributed by atoms with Gasteiger partial charge in [0.05, 0.1) is 5.25 Å². The zero-order valence-corrected chi connectivity index (χ0v) is 13.7. The van der Waals surface area contributed by atoms with Crippen molar-refractivity contribution in [3.8, 4) is 0 Å². The number of para-hydroxylation sites is 2. The average Bonchev–Trinajstić information content (AvgIpc) is 2.97. The zero-order chi connectivity index (χ0) is 17.1. The van der Waals surface area contributed by atoms with Crippen molar-refractivity contribution in [2.24, 2.45) is 5.73 Å². The summed E-state index contributed by atoms with van der Waals surface area (Å²) in [7, 11) is 0. The van der Waals surface area contributed by atoms with E-state index < -0.39 is 11.2 Å². The van der Waals surface area contributed by atoms with Gasteiger partial charge in [0, 0.05) is 11.3 Å². The van der Waals surface area contributed by atoms with Gasteiger partial charge >= 0.3 is 0 Å². The lowest BCUT2D eigenvalue weighted by atomic mass is 10.2. The smallest absolute Gasteiger partial charge is 0.257 e. The number of aromatic nitrogens is 1. The number of hydrogen-bond donors (Lipinski definition) is 2. The van der Waals surface area contributed by atoms with Crippen LogP contribution in [0.5, 0.6) is 0 Å². The average molecular weight is 341 g/mol. The van der Waals surface area contributed by atoms with Crippen LogP contribution in [0, 0.1) is 0 Å². The monoisotopic (exact) mass is 341 g/mol. The third kappa shape index (κ3) is 3.57. The number of anilines is 1. The minimum atomic E-state index is -0.507. The molecule has 3 rings (SSSR count). The number of hydrogen-bond acceptors (Lipinski definition) is 5. The number of nitrogens with one attached hydrogen (secondary N) is 1.